The Kier molecular flexibility index (Phi) is 4.94. The molecule has 4 nitrogen and oxygen atoms in total. The summed E-state index contributed by atoms with van der Waals surface area (Å²) in [5, 5.41) is 1.74. The molecule has 0 radical (unpaired) electrons. The van der Waals surface area contributed by atoms with Gasteiger partial charge in [0.25, 0.3) is 0 Å². The average molecular weight is 417 g/mol. The molecule has 0 bridgehead atoms. The van der Waals surface area contributed by atoms with Crippen LogP contribution in [0, 0.1) is 13.8 Å². The number of fused-ring (bicyclic) bond motifs is 1. The Bertz CT molecular complexity index is 1100. The Morgan fingerprint density at radius 1 is 1.10 bits per heavy atom. The fourth-order valence-corrected chi connectivity index (χ4v) is 6.03. The van der Waals surface area contributed by atoms with E-state index in [9.17, 15) is 0 Å². The number of para-hydroxylation sites is 1. The number of amidine groups is 1. The third kappa shape index (κ3) is 3.07. The number of rotatable bonds is 4. The van der Waals surface area contributed by atoms with Crippen molar-refractivity contribution in [3.05, 3.63) is 82.9 Å². The minimum Gasteiger partial charge on any atom is -0.341 e. The zero-order valence-corrected chi connectivity index (χ0v) is 18.9. The molecule has 0 aliphatic carbocycles. The Hall–Kier alpha value is -2.53. The number of thioether (sulfide) groups is 1. The molecule has 154 valence electrons. The van der Waals surface area contributed by atoms with Crippen LogP contribution in [0.2, 0.25) is 0 Å². The van der Waals surface area contributed by atoms with Crippen LogP contribution in [0.1, 0.15) is 54.1 Å². The van der Waals surface area contributed by atoms with E-state index in [1.165, 1.54) is 33.4 Å². The number of aliphatic imine (C=N–C) groups is 1. The summed E-state index contributed by atoms with van der Waals surface area (Å²) in [4.78, 5) is 12.3. The van der Waals surface area contributed by atoms with E-state index in [0.717, 1.165) is 18.7 Å². The Balaban J connectivity index is 1.64. The van der Waals surface area contributed by atoms with Crippen molar-refractivity contribution in [3.63, 3.8) is 0 Å². The van der Waals surface area contributed by atoms with E-state index in [4.69, 9.17) is 4.99 Å². The molecule has 4 heterocycles. The first kappa shape index (κ1) is 19.4. The van der Waals surface area contributed by atoms with Gasteiger partial charge in [0.15, 0.2) is 5.17 Å². The van der Waals surface area contributed by atoms with Crippen molar-refractivity contribution in [2.45, 2.75) is 51.4 Å². The van der Waals surface area contributed by atoms with Crippen LogP contribution in [0.25, 0.3) is 5.69 Å². The summed E-state index contributed by atoms with van der Waals surface area (Å²) >= 11 is 1.89. The van der Waals surface area contributed by atoms with Gasteiger partial charge in [-0.15, -0.1) is 0 Å². The largest absolute Gasteiger partial charge is 0.341 e. The highest BCUT2D eigenvalue weighted by Gasteiger charge is 2.44. The van der Waals surface area contributed by atoms with Gasteiger partial charge >= 0.3 is 0 Å². The summed E-state index contributed by atoms with van der Waals surface area (Å²) in [7, 11) is 0. The van der Waals surface area contributed by atoms with Gasteiger partial charge in [0.1, 0.15) is 6.04 Å². The lowest BCUT2D eigenvalue weighted by atomic mass is 9.96. The molecule has 2 aliphatic heterocycles. The average Bonchev–Trinajstić information content (AvgIpc) is 3.38. The number of aromatic nitrogens is 2. The van der Waals surface area contributed by atoms with Crippen molar-refractivity contribution in [1.29, 1.82) is 0 Å². The zero-order chi connectivity index (χ0) is 20.8. The van der Waals surface area contributed by atoms with Crippen LogP contribution in [0.4, 0.5) is 0 Å². The van der Waals surface area contributed by atoms with Crippen molar-refractivity contribution in [2.24, 2.45) is 4.99 Å². The molecule has 5 rings (SSSR count). The van der Waals surface area contributed by atoms with E-state index in [1.54, 1.807) is 0 Å². The van der Waals surface area contributed by atoms with Crippen molar-refractivity contribution >= 4 is 16.9 Å². The van der Waals surface area contributed by atoms with Gasteiger partial charge in [-0.25, -0.2) is 0 Å². The van der Waals surface area contributed by atoms with Gasteiger partial charge in [0.2, 0.25) is 0 Å². The van der Waals surface area contributed by atoms with E-state index in [2.05, 4.69) is 84.6 Å². The van der Waals surface area contributed by atoms with Gasteiger partial charge in [-0.05, 0) is 55.7 Å². The summed E-state index contributed by atoms with van der Waals surface area (Å²) in [5.74, 6) is 0. The Morgan fingerprint density at radius 3 is 2.67 bits per heavy atom. The van der Waals surface area contributed by atoms with Gasteiger partial charge < -0.3 is 9.47 Å². The van der Waals surface area contributed by atoms with E-state index in [-0.39, 0.29) is 12.1 Å². The van der Waals surface area contributed by atoms with E-state index in [1.807, 2.05) is 24.0 Å². The normalized spacial score (nSPS) is 23.0. The van der Waals surface area contributed by atoms with Gasteiger partial charge in [0, 0.05) is 35.1 Å². The zero-order valence-electron chi connectivity index (χ0n) is 18.0. The molecule has 0 unspecified atom stereocenters. The Morgan fingerprint density at radius 2 is 1.90 bits per heavy atom. The number of benzene rings is 1. The lowest BCUT2D eigenvalue weighted by Crippen LogP contribution is -2.29. The summed E-state index contributed by atoms with van der Waals surface area (Å²) in [6.07, 6.45) is 2.91. The minimum atomic E-state index is 0.0385. The monoisotopic (exact) mass is 416 g/mol. The molecule has 0 amide bonds. The van der Waals surface area contributed by atoms with Gasteiger partial charge in [-0.1, -0.05) is 49.9 Å². The molecular formula is C25H28N4S. The van der Waals surface area contributed by atoms with Crippen LogP contribution in [-0.4, -0.2) is 31.4 Å². The second-order valence-electron chi connectivity index (χ2n) is 8.28. The topological polar surface area (TPSA) is 33.4 Å². The molecule has 5 heteroatoms. The molecule has 1 saturated heterocycles. The Labute approximate surface area is 183 Å². The number of pyridine rings is 1. The standard InChI is InChI=1S/C25H28N4S/c1-5-19-10-6-7-12-22(19)29-16(2)14-20(18(29)4)24-23(21-11-8-9-13-26-21)27-25-28(24)15-17(3)30-25/h6-14,17,23-24H,5,15H2,1-4H3/t17-,23+,24+/m0/s1. The first-order valence-corrected chi connectivity index (χ1v) is 11.7. The van der Waals surface area contributed by atoms with Gasteiger partial charge in [-0.2, -0.15) is 0 Å². The SMILES string of the molecule is CCc1ccccc1-n1c(C)cc([C@@H]2[C@@H](c3ccccn3)N=C3S[C@@H](C)CN32)c1C. The fourth-order valence-electron chi connectivity index (χ4n) is 4.94. The predicted octanol–water partition coefficient (Wildman–Crippen LogP) is 5.64. The maximum Gasteiger partial charge on any atom is 0.160 e. The van der Waals surface area contributed by atoms with Crippen molar-refractivity contribution < 1.29 is 0 Å². The molecule has 2 aliphatic rings. The molecule has 1 fully saturated rings. The molecular weight excluding hydrogens is 388 g/mol. The molecule has 2 aromatic heterocycles. The van der Waals surface area contributed by atoms with E-state index < -0.39 is 0 Å². The maximum absolute atomic E-state index is 5.15. The van der Waals surface area contributed by atoms with Gasteiger partial charge in [0.05, 0.1) is 11.7 Å². The van der Waals surface area contributed by atoms with E-state index in [0.29, 0.717) is 5.25 Å². The molecule has 0 N–H and O–H groups in total. The second kappa shape index (κ2) is 7.62. The summed E-state index contributed by atoms with van der Waals surface area (Å²) in [5.41, 5.74) is 7.66. The first-order chi connectivity index (χ1) is 14.6. The number of nitrogens with zero attached hydrogens (tertiary/aromatic N) is 4. The molecule has 30 heavy (non-hydrogen) atoms. The van der Waals surface area contributed by atoms with Crippen molar-refractivity contribution in [3.8, 4) is 5.69 Å². The highest BCUT2D eigenvalue weighted by Crippen LogP contribution is 2.49. The van der Waals surface area contributed by atoms with Crippen LogP contribution in [0.15, 0.2) is 59.7 Å². The highest BCUT2D eigenvalue weighted by molar-refractivity contribution is 8.14. The maximum atomic E-state index is 5.15. The van der Waals surface area contributed by atoms with Crippen LogP contribution >= 0.6 is 11.8 Å². The van der Waals surface area contributed by atoms with Gasteiger partial charge in [-0.3, -0.25) is 9.98 Å². The highest BCUT2D eigenvalue weighted by atomic mass is 32.2. The van der Waals surface area contributed by atoms with Crippen LogP contribution < -0.4 is 0 Å². The third-order valence-corrected chi connectivity index (χ3v) is 7.39. The molecule has 0 spiro atoms. The second-order valence-corrected chi connectivity index (χ2v) is 9.69. The van der Waals surface area contributed by atoms with Crippen LogP contribution in [-0.2, 0) is 6.42 Å². The molecule has 3 aromatic rings. The number of hydrogen-bond donors (Lipinski definition) is 0. The molecule has 0 saturated carbocycles. The summed E-state index contributed by atoms with van der Waals surface area (Å²) < 4.78 is 2.42. The van der Waals surface area contributed by atoms with Crippen LogP contribution in [0.5, 0.6) is 0 Å². The van der Waals surface area contributed by atoms with E-state index >= 15 is 0 Å². The fraction of sp³-hybridized carbons (Fsp3) is 0.360. The number of aryl methyl sites for hydroxylation is 2. The summed E-state index contributed by atoms with van der Waals surface area (Å²) in [6.45, 7) is 10.0. The quantitative estimate of drug-likeness (QED) is 0.552. The lowest BCUT2D eigenvalue weighted by Gasteiger charge is -2.27. The molecule has 1 aromatic carbocycles. The number of hydrogen-bond acceptors (Lipinski definition) is 4. The van der Waals surface area contributed by atoms with Crippen LogP contribution in [0.3, 0.4) is 0 Å². The van der Waals surface area contributed by atoms with Crippen molar-refractivity contribution in [1.82, 2.24) is 14.5 Å². The summed E-state index contributed by atoms with van der Waals surface area (Å²) in [6, 6.07) is 17.5. The molecule has 3 atom stereocenters. The first-order valence-electron chi connectivity index (χ1n) is 10.8. The van der Waals surface area contributed by atoms with Crippen molar-refractivity contribution in [2.75, 3.05) is 6.54 Å². The smallest absolute Gasteiger partial charge is 0.160 e. The minimum absolute atomic E-state index is 0.0385. The predicted molar refractivity (Wildman–Crippen MR) is 126 cm³/mol. The lowest BCUT2D eigenvalue weighted by molar-refractivity contribution is 0.320. The third-order valence-electron chi connectivity index (χ3n) is 6.28.